The van der Waals surface area contributed by atoms with Crippen LogP contribution in [0.1, 0.15) is 16.1 Å². The summed E-state index contributed by atoms with van der Waals surface area (Å²) in [4.78, 5) is 23.9. The molecule has 0 saturated carbocycles. The summed E-state index contributed by atoms with van der Waals surface area (Å²) >= 11 is 7.49. The Balaban J connectivity index is 1.79. The second-order valence-electron chi connectivity index (χ2n) is 6.05. The number of pyridine rings is 1. The van der Waals surface area contributed by atoms with Crippen molar-refractivity contribution in [2.45, 2.75) is 6.54 Å². The molecule has 3 aromatic heterocycles. The Morgan fingerprint density at radius 3 is 2.93 bits per heavy atom. The zero-order chi connectivity index (χ0) is 19.7. The van der Waals surface area contributed by atoms with E-state index in [1.165, 1.54) is 18.4 Å². The fourth-order valence-electron chi connectivity index (χ4n) is 2.79. The Hall–Kier alpha value is -2.97. The van der Waals surface area contributed by atoms with Gasteiger partial charge in [0.25, 0.3) is 5.91 Å². The van der Waals surface area contributed by atoms with Crippen molar-refractivity contribution in [3.8, 4) is 5.88 Å². The molecule has 28 heavy (non-hydrogen) atoms. The number of rotatable bonds is 5. The maximum atomic E-state index is 13.4. The number of hydrogen-bond donors (Lipinski definition) is 0. The number of aryl methyl sites for hydroxylation is 1. The van der Waals surface area contributed by atoms with E-state index in [1.54, 1.807) is 35.1 Å². The van der Waals surface area contributed by atoms with Crippen LogP contribution in [0.5, 0.6) is 5.88 Å². The first-order chi connectivity index (χ1) is 13.5. The summed E-state index contributed by atoms with van der Waals surface area (Å²) in [6.45, 7) is 0.269. The van der Waals surface area contributed by atoms with Gasteiger partial charge in [-0.25, -0.2) is 4.98 Å². The van der Waals surface area contributed by atoms with Gasteiger partial charge in [-0.15, -0.1) is 5.10 Å². The third-order valence-electron chi connectivity index (χ3n) is 4.08. The van der Waals surface area contributed by atoms with Gasteiger partial charge in [-0.2, -0.15) is 0 Å². The van der Waals surface area contributed by atoms with Gasteiger partial charge in [0, 0.05) is 24.5 Å². The smallest absolute Gasteiger partial charge is 0.267 e. The van der Waals surface area contributed by atoms with Crippen molar-refractivity contribution in [1.82, 2.24) is 19.7 Å². The first kappa shape index (κ1) is 18.4. The SMILES string of the molecule is COc1nn(C)cc1C(=O)N(Cc1ccccn1)c1nc2ccc(Cl)cc2s1. The van der Waals surface area contributed by atoms with Crippen LogP contribution in [0.15, 0.2) is 48.8 Å². The third kappa shape index (κ3) is 3.56. The van der Waals surface area contributed by atoms with Crippen molar-refractivity contribution in [2.75, 3.05) is 12.0 Å². The topological polar surface area (TPSA) is 73.1 Å². The number of thiazole rings is 1. The van der Waals surface area contributed by atoms with E-state index in [4.69, 9.17) is 16.3 Å². The van der Waals surface area contributed by atoms with Gasteiger partial charge in [-0.05, 0) is 30.3 Å². The van der Waals surface area contributed by atoms with Crippen LogP contribution >= 0.6 is 22.9 Å². The second-order valence-corrected chi connectivity index (χ2v) is 7.49. The summed E-state index contributed by atoms with van der Waals surface area (Å²) in [5.41, 5.74) is 1.88. The molecule has 0 aliphatic heterocycles. The lowest BCUT2D eigenvalue weighted by Crippen LogP contribution is -2.30. The number of amides is 1. The van der Waals surface area contributed by atoms with E-state index >= 15 is 0 Å². The normalized spacial score (nSPS) is 11.0. The standard InChI is InChI=1S/C19H16ClN5O2S/c1-24-11-14(17(23-24)27-2)18(26)25(10-13-5-3-4-8-21-13)19-22-15-7-6-12(20)9-16(15)28-19/h3-9,11H,10H2,1-2H3. The van der Waals surface area contributed by atoms with Crippen molar-refractivity contribution in [3.63, 3.8) is 0 Å². The minimum absolute atomic E-state index is 0.263. The molecular formula is C19H16ClN5O2S. The van der Waals surface area contributed by atoms with Gasteiger partial charge in [0.15, 0.2) is 5.13 Å². The quantitative estimate of drug-likeness (QED) is 0.495. The van der Waals surface area contributed by atoms with Gasteiger partial charge in [0.1, 0.15) is 5.56 Å². The van der Waals surface area contributed by atoms with Crippen molar-refractivity contribution in [1.29, 1.82) is 0 Å². The Bertz CT molecular complexity index is 1140. The lowest BCUT2D eigenvalue weighted by molar-refractivity contribution is 0.0982. The second kappa shape index (κ2) is 7.57. The maximum Gasteiger partial charge on any atom is 0.267 e. The monoisotopic (exact) mass is 413 g/mol. The molecule has 0 unspecified atom stereocenters. The summed E-state index contributed by atoms with van der Waals surface area (Å²) in [5.74, 6) is 0.00318. The van der Waals surface area contributed by atoms with Crippen LogP contribution in [0, 0.1) is 0 Å². The highest BCUT2D eigenvalue weighted by molar-refractivity contribution is 7.22. The number of carbonyl (C=O) groups excluding carboxylic acids is 1. The Kier molecular flexibility index (Phi) is 4.97. The molecule has 0 N–H and O–H groups in total. The van der Waals surface area contributed by atoms with Gasteiger partial charge >= 0.3 is 0 Å². The van der Waals surface area contributed by atoms with Crippen LogP contribution in [-0.4, -0.2) is 32.8 Å². The average molecular weight is 414 g/mol. The molecular weight excluding hydrogens is 398 g/mol. The highest BCUT2D eigenvalue weighted by atomic mass is 35.5. The van der Waals surface area contributed by atoms with Gasteiger partial charge in [-0.3, -0.25) is 19.4 Å². The fourth-order valence-corrected chi connectivity index (χ4v) is 4.03. The minimum atomic E-state index is -0.263. The number of aromatic nitrogens is 4. The fraction of sp³-hybridized carbons (Fsp3) is 0.158. The molecule has 0 aliphatic carbocycles. The van der Waals surface area contributed by atoms with Crippen LogP contribution in [0.4, 0.5) is 5.13 Å². The molecule has 142 valence electrons. The number of methoxy groups -OCH3 is 1. The molecule has 0 spiro atoms. The molecule has 4 rings (SSSR count). The molecule has 0 saturated heterocycles. The van der Waals surface area contributed by atoms with Gasteiger partial charge < -0.3 is 4.74 Å². The molecule has 0 aliphatic rings. The van der Waals surface area contributed by atoms with Gasteiger partial charge in [0.05, 0.1) is 29.6 Å². The summed E-state index contributed by atoms with van der Waals surface area (Å²) < 4.78 is 7.72. The first-order valence-electron chi connectivity index (χ1n) is 8.40. The average Bonchev–Trinajstić information content (AvgIpc) is 3.29. The van der Waals surface area contributed by atoms with E-state index in [1.807, 2.05) is 30.3 Å². The van der Waals surface area contributed by atoms with E-state index in [9.17, 15) is 4.79 Å². The molecule has 1 amide bonds. The summed E-state index contributed by atoms with van der Waals surface area (Å²) in [6, 6.07) is 11.0. The highest BCUT2D eigenvalue weighted by Crippen LogP contribution is 2.33. The number of hydrogen-bond acceptors (Lipinski definition) is 6. The summed E-state index contributed by atoms with van der Waals surface area (Å²) in [5, 5.41) is 5.36. The molecule has 4 aromatic rings. The number of anilines is 1. The Labute approximate surface area is 170 Å². The van der Waals surface area contributed by atoms with E-state index < -0.39 is 0 Å². The number of benzene rings is 1. The van der Waals surface area contributed by atoms with Crippen LogP contribution in [-0.2, 0) is 13.6 Å². The van der Waals surface area contributed by atoms with E-state index in [0.717, 1.165) is 15.9 Å². The number of ether oxygens (including phenoxy) is 1. The lowest BCUT2D eigenvalue weighted by Gasteiger charge is -2.19. The van der Waals surface area contributed by atoms with Crippen LogP contribution in [0.3, 0.4) is 0 Å². The number of nitrogens with zero attached hydrogens (tertiary/aromatic N) is 5. The van der Waals surface area contributed by atoms with Gasteiger partial charge in [0.2, 0.25) is 5.88 Å². The van der Waals surface area contributed by atoms with Crippen LogP contribution in [0.25, 0.3) is 10.2 Å². The van der Waals surface area contributed by atoms with Crippen LogP contribution < -0.4 is 9.64 Å². The molecule has 9 heteroatoms. The maximum absolute atomic E-state index is 13.4. The molecule has 0 fully saturated rings. The minimum Gasteiger partial charge on any atom is -0.479 e. The van der Waals surface area contributed by atoms with E-state index in [2.05, 4.69) is 15.1 Å². The zero-order valence-corrected chi connectivity index (χ0v) is 16.7. The van der Waals surface area contributed by atoms with Crippen molar-refractivity contribution < 1.29 is 9.53 Å². The molecule has 0 radical (unpaired) electrons. The molecule has 3 heterocycles. The predicted octanol–water partition coefficient (Wildman–Crippen LogP) is 3.93. The van der Waals surface area contributed by atoms with Crippen LogP contribution in [0.2, 0.25) is 5.02 Å². The lowest BCUT2D eigenvalue weighted by atomic mass is 10.2. The first-order valence-corrected chi connectivity index (χ1v) is 9.60. The van der Waals surface area contributed by atoms with Crippen molar-refractivity contribution in [2.24, 2.45) is 7.05 Å². The zero-order valence-electron chi connectivity index (χ0n) is 15.2. The molecule has 0 atom stereocenters. The number of fused-ring (bicyclic) bond motifs is 1. The van der Waals surface area contributed by atoms with Crippen molar-refractivity contribution in [3.05, 3.63) is 65.1 Å². The number of carbonyl (C=O) groups is 1. The Morgan fingerprint density at radius 2 is 2.18 bits per heavy atom. The predicted molar refractivity (Wildman–Crippen MR) is 109 cm³/mol. The molecule has 0 bridgehead atoms. The highest BCUT2D eigenvalue weighted by Gasteiger charge is 2.26. The van der Waals surface area contributed by atoms with E-state index in [-0.39, 0.29) is 18.3 Å². The summed E-state index contributed by atoms with van der Waals surface area (Å²) in [6.07, 6.45) is 3.33. The van der Waals surface area contributed by atoms with Gasteiger partial charge in [-0.1, -0.05) is 29.0 Å². The molecule has 7 nitrogen and oxygen atoms in total. The Morgan fingerprint density at radius 1 is 1.32 bits per heavy atom. The third-order valence-corrected chi connectivity index (χ3v) is 5.36. The van der Waals surface area contributed by atoms with Crippen molar-refractivity contribution >= 4 is 44.2 Å². The molecule has 1 aromatic carbocycles. The largest absolute Gasteiger partial charge is 0.479 e. The number of halogens is 1. The van der Waals surface area contributed by atoms with E-state index in [0.29, 0.717) is 15.7 Å². The summed E-state index contributed by atoms with van der Waals surface area (Å²) in [7, 11) is 3.23.